The smallest absolute Gasteiger partial charge is 0.237 e. The van der Waals surface area contributed by atoms with Crippen LogP contribution in [0.2, 0.25) is 0 Å². The number of hydrogen-bond donors (Lipinski definition) is 1. The highest BCUT2D eigenvalue weighted by Gasteiger charge is 2.17. The van der Waals surface area contributed by atoms with Crippen molar-refractivity contribution in [1.82, 2.24) is 10.2 Å². The van der Waals surface area contributed by atoms with Gasteiger partial charge in [0, 0.05) is 12.2 Å². The van der Waals surface area contributed by atoms with E-state index in [4.69, 9.17) is 5.26 Å². The van der Waals surface area contributed by atoms with Crippen LogP contribution in [0.4, 0.5) is 20.9 Å². The zero-order chi connectivity index (χ0) is 19.8. The van der Waals surface area contributed by atoms with Crippen molar-refractivity contribution < 1.29 is 9.18 Å². The molecule has 0 aliphatic heterocycles. The molecule has 1 heterocycles. The monoisotopic (exact) mass is 413 g/mol. The molecule has 1 aromatic heterocycles. The number of anilines is 3. The number of rotatable bonds is 8. The van der Waals surface area contributed by atoms with E-state index in [1.807, 2.05) is 30.3 Å². The van der Waals surface area contributed by atoms with E-state index in [2.05, 4.69) is 21.6 Å². The Morgan fingerprint density at radius 2 is 1.93 bits per heavy atom. The molecule has 3 aromatic rings. The quantitative estimate of drug-likeness (QED) is 0.549. The Hall–Kier alpha value is -2.96. The number of thioether (sulfide) groups is 1. The minimum absolute atomic E-state index is 0.120. The maximum absolute atomic E-state index is 13.7. The van der Waals surface area contributed by atoms with E-state index in [0.29, 0.717) is 21.7 Å². The lowest BCUT2D eigenvalue weighted by Gasteiger charge is -2.21. The topological polar surface area (TPSA) is 81.9 Å². The summed E-state index contributed by atoms with van der Waals surface area (Å²) in [6.07, 6.45) is 0.251. The number of carbonyl (C=O) groups is 1. The molecule has 0 spiro atoms. The van der Waals surface area contributed by atoms with Crippen molar-refractivity contribution >= 4 is 45.5 Å². The van der Waals surface area contributed by atoms with E-state index in [-0.39, 0.29) is 23.9 Å². The second kappa shape index (κ2) is 9.82. The van der Waals surface area contributed by atoms with Crippen LogP contribution in [-0.2, 0) is 4.79 Å². The molecule has 0 bridgehead atoms. The minimum Gasteiger partial charge on any atom is -0.328 e. The van der Waals surface area contributed by atoms with Gasteiger partial charge in [0.2, 0.25) is 11.0 Å². The van der Waals surface area contributed by atoms with Crippen LogP contribution in [0.5, 0.6) is 0 Å². The molecule has 0 radical (unpaired) electrons. The predicted octanol–water partition coefficient (Wildman–Crippen LogP) is 4.46. The first kappa shape index (κ1) is 19.8. The van der Waals surface area contributed by atoms with Crippen molar-refractivity contribution in [1.29, 1.82) is 5.26 Å². The third-order valence-electron chi connectivity index (χ3n) is 3.66. The maximum Gasteiger partial charge on any atom is 0.237 e. The van der Waals surface area contributed by atoms with Gasteiger partial charge in [-0.05, 0) is 24.3 Å². The summed E-state index contributed by atoms with van der Waals surface area (Å²) in [5.74, 6) is -0.336. The lowest BCUT2D eigenvalue weighted by Crippen LogP contribution is -2.33. The molecule has 2 aromatic carbocycles. The lowest BCUT2D eigenvalue weighted by molar-refractivity contribution is -0.116. The lowest BCUT2D eigenvalue weighted by atomic mass is 10.2. The van der Waals surface area contributed by atoms with Crippen LogP contribution in [-0.4, -0.2) is 28.4 Å². The highest BCUT2D eigenvalue weighted by Crippen LogP contribution is 2.29. The van der Waals surface area contributed by atoms with Gasteiger partial charge in [-0.2, -0.15) is 5.26 Å². The molecule has 142 valence electrons. The number of aromatic nitrogens is 2. The number of nitrogens with zero attached hydrogens (tertiary/aromatic N) is 4. The summed E-state index contributed by atoms with van der Waals surface area (Å²) in [5.41, 5.74) is 1.07. The number of nitriles is 1. The van der Waals surface area contributed by atoms with E-state index in [0.717, 1.165) is 5.69 Å². The normalized spacial score (nSPS) is 10.3. The fourth-order valence-corrected chi connectivity index (χ4v) is 4.01. The summed E-state index contributed by atoms with van der Waals surface area (Å²) in [6, 6.07) is 17.6. The van der Waals surface area contributed by atoms with Crippen molar-refractivity contribution in [2.24, 2.45) is 0 Å². The van der Waals surface area contributed by atoms with Crippen molar-refractivity contribution in [3.63, 3.8) is 0 Å². The molecule has 0 atom stereocenters. The summed E-state index contributed by atoms with van der Waals surface area (Å²) in [4.78, 5) is 14.2. The predicted molar refractivity (Wildman–Crippen MR) is 109 cm³/mol. The van der Waals surface area contributed by atoms with Gasteiger partial charge in [-0.15, -0.1) is 10.2 Å². The molecule has 3 rings (SSSR count). The third kappa shape index (κ3) is 5.28. The van der Waals surface area contributed by atoms with E-state index >= 15 is 0 Å². The van der Waals surface area contributed by atoms with Crippen LogP contribution >= 0.6 is 23.1 Å². The maximum atomic E-state index is 13.7. The molecule has 6 nitrogen and oxygen atoms in total. The van der Waals surface area contributed by atoms with Gasteiger partial charge in [0.1, 0.15) is 5.82 Å². The second-order valence-electron chi connectivity index (χ2n) is 5.56. The first-order chi connectivity index (χ1) is 13.7. The van der Waals surface area contributed by atoms with E-state index < -0.39 is 0 Å². The first-order valence-corrected chi connectivity index (χ1v) is 10.2. The summed E-state index contributed by atoms with van der Waals surface area (Å²) in [5, 5.41) is 20.2. The second-order valence-corrected chi connectivity index (χ2v) is 7.76. The van der Waals surface area contributed by atoms with Gasteiger partial charge in [-0.1, -0.05) is 53.4 Å². The Morgan fingerprint density at radius 3 is 2.68 bits per heavy atom. The molecule has 9 heteroatoms. The zero-order valence-electron chi connectivity index (χ0n) is 14.7. The Labute approximate surface area is 170 Å². The van der Waals surface area contributed by atoms with Crippen LogP contribution in [0.1, 0.15) is 6.42 Å². The van der Waals surface area contributed by atoms with Gasteiger partial charge in [-0.3, -0.25) is 4.79 Å². The van der Waals surface area contributed by atoms with Crippen LogP contribution in [0, 0.1) is 17.1 Å². The summed E-state index contributed by atoms with van der Waals surface area (Å²) < 4.78 is 14.3. The number of nitrogens with one attached hydrogen (secondary N) is 1. The number of carbonyl (C=O) groups excluding carboxylic acids is 1. The highest BCUT2D eigenvalue weighted by atomic mass is 32.2. The van der Waals surface area contributed by atoms with Gasteiger partial charge in [-0.25, -0.2) is 4.39 Å². The van der Waals surface area contributed by atoms with E-state index in [1.165, 1.54) is 29.2 Å². The molecule has 1 amide bonds. The van der Waals surface area contributed by atoms with Crippen molar-refractivity contribution in [2.75, 3.05) is 22.5 Å². The van der Waals surface area contributed by atoms with Crippen molar-refractivity contribution in [3.05, 3.63) is 60.4 Å². The summed E-state index contributed by atoms with van der Waals surface area (Å²) in [6.45, 7) is 0.329. The first-order valence-electron chi connectivity index (χ1n) is 8.37. The fraction of sp³-hybridized carbons (Fsp3) is 0.158. The molecule has 0 aliphatic rings. The molecular weight excluding hydrogens is 397 g/mol. The van der Waals surface area contributed by atoms with Gasteiger partial charge >= 0.3 is 0 Å². The van der Waals surface area contributed by atoms with Gasteiger partial charge in [0.15, 0.2) is 4.34 Å². The number of amides is 1. The minimum atomic E-state index is -0.377. The Kier molecular flexibility index (Phi) is 6.94. The average Bonchev–Trinajstić information content (AvgIpc) is 3.17. The van der Waals surface area contributed by atoms with E-state index in [9.17, 15) is 9.18 Å². The molecular formula is C19H16FN5OS2. The molecule has 28 heavy (non-hydrogen) atoms. The number of halogens is 1. The average molecular weight is 414 g/mol. The standard InChI is InChI=1S/C19H16FN5OS2/c20-15-9-4-5-10-16(15)22-18-23-24-19(28-18)27-13-17(26)25(12-6-11-21)14-7-2-1-3-8-14/h1-5,7-10H,6,12-13H2,(H,22,23). The highest BCUT2D eigenvalue weighted by molar-refractivity contribution is 8.01. The fourth-order valence-electron chi connectivity index (χ4n) is 2.37. The van der Waals surface area contributed by atoms with Crippen LogP contribution in [0.3, 0.4) is 0 Å². The van der Waals surface area contributed by atoms with Crippen LogP contribution in [0.25, 0.3) is 0 Å². The number of benzene rings is 2. The molecule has 0 saturated carbocycles. The Morgan fingerprint density at radius 1 is 1.18 bits per heavy atom. The van der Waals surface area contributed by atoms with Gasteiger partial charge in [0.25, 0.3) is 0 Å². The summed E-state index contributed by atoms with van der Waals surface area (Å²) in [7, 11) is 0. The molecule has 1 N–H and O–H groups in total. The largest absolute Gasteiger partial charge is 0.328 e. The Bertz CT molecular complexity index is 974. The third-order valence-corrected chi connectivity index (χ3v) is 5.61. The Balaban J connectivity index is 1.61. The number of hydrogen-bond acceptors (Lipinski definition) is 7. The van der Waals surface area contributed by atoms with Gasteiger partial charge < -0.3 is 10.2 Å². The van der Waals surface area contributed by atoms with E-state index in [1.54, 1.807) is 23.1 Å². The SMILES string of the molecule is N#CCCN(C(=O)CSc1nnc(Nc2ccccc2F)s1)c1ccccc1. The summed E-state index contributed by atoms with van der Waals surface area (Å²) >= 11 is 2.50. The van der Waals surface area contributed by atoms with Crippen LogP contribution < -0.4 is 10.2 Å². The molecule has 0 aliphatic carbocycles. The van der Waals surface area contributed by atoms with Crippen molar-refractivity contribution in [2.45, 2.75) is 10.8 Å². The van der Waals surface area contributed by atoms with Crippen LogP contribution in [0.15, 0.2) is 58.9 Å². The number of para-hydroxylation sites is 2. The zero-order valence-corrected chi connectivity index (χ0v) is 16.3. The van der Waals surface area contributed by atoms with Gasteiger partial charge in [0.05, 0.1) is 23.9 Å². The molecule has 0 fully saturated rings. The molecule has 0 saturated heterocycles. The molecule has 0 unspecified atom stereocenters. The van der Waals surface area contributed by atoms with Crippen molar-refractivity contribution in [3.8, 4) is 6.07 Å².